The predicted molar refractivity (Wildman–Crippen MR) is 114 cm³/mol. The van der Waals surface area contributed by atoms with Gasteiger partial charge >= 0.3 is 0 Å². The van der Waals surface area contributed by atoms with E-state index in [0.29, 0.717) is 18.2 Å². The van der Waals surface area contributed by atoms with Crippen LogP contribution in [-0.2, 0) is 11.3 Å². The Balaban J connectivity index is 1.42. The maximum absolute atomic E-state index is 13.2. The van der Waals surface area contributed by atoms with Gasteiger partial charge in [0.2, 0.25) is 0 Å². The first kappa shape index (κ1) is 20.0. The smallest absolute Gasteiger partial charge is 0.255 e. The van der Waals surface area contributed by atoms with Gasteiger partial charge in [0.25, 0.3) is 5.91 Å². The van der Waals surface area contributed by atoms with E-state index in [9.17, 15) is 4.79 Å². The van der Waals surface area contributed by atoms with Crippen LogP contribution in [-0.4, -0.2) is 59.1 Å². The van der Waals surface area contributed by atoms with Gasteiger partial charge in [0.05, 0.1) is 18.3 Å². The van der Waals surface area contributed by atoms with Crippen molar-refractivity contribution >= 4 is 5.91 Å². The van der Waals surface area contributed by atoms with Crippen LogP contribution in [0.1, 0.15) is 47.2 Å². The van der Waals surface area contributed by atoms with E-state index in [-0.39, 0.29) is 12.0 Å². The molecule has 29 heavy (non-hydrogen) atoms. The summed E-state index contributed by atoms with van der Waals surface area (Å²) >= 11 is 0. The molecule has 1 aromatic heterocycles. The zero-order valence-electron chi connectivity index (χ0n) is 17.3. The third kappa shape index (κ3) is 5.22. The summed E-state index contributed by atoms with van der Waals surface area (Å²) in [6.07, 6.45) is 8.02. The third-order valence-corrected chi connectivity index (χ3v) is 6.08. The molecule has 2 aliphatic rings. The molecule has 0 N–H and O–H groups in total. The molecule has 1 unspecified atom stereocenters. The zero-order chi connectivity index (χ0) is 20.1. The number of aromatic nitrogens is 1. The van der Waals surface area contributed by atoms with Gasteiger partial charge in [0, 0.05) is 44.6 Å². The Morgan fingerprint density at radius 3 is 2.72 bits per heavy atom. The highest BCUT2D eigenvalue weighted by Crippen LogP contribution is 2.26. The summed E-state index contributed by atoms with van der Waals surface area (Å²) in [5, 5.41) is 0. The summed E-state index contributed by atoms with van der Waals surface area (Å²) in [5.41, 5.74) is 3.29. The molecule has 0 bridgehead atoms. The normalized spacial score (nSPS) is 20.7. The topological polar surface area (TPSA) is 45.7 Å². The van der Waals surface area contributed by atoms with Gasteiger partial charge in [0.15, 0.2) is 0 Å². The Hall–Kier alpha value is -2.24. The number of carbonyl (C=O) groups excluding carboxylic acids is 1. The molecule has 0 spiro atoms. The Kier molecular flexibility index (Phi) is 6.57. The molecule has 2 heterocycles. The molecule has 1 amide bonds. The summed E-state index contributed by atoms with van der Waals surface area (Å²) in [7, 11) is 0. The van der Waals surface area contributed by atoms with Gasteiger partial charge in [-0.05, 0) is 37.5 Å². The summed E-state index contributed by atoms with van der Waals surface area (Å²) in [4.78, 5) is 21.9. The number of benzene rings is 1. The molecule has 2 aromatic rings. The SMILES string of the molecule is Cc1ccc(CN2CCOC(CN(C(=O)c3cccnc3)C3CCCC3)C2)cc1. The molecule has 5 nitrogen and oxygen atoms in total. The maximum atomic E-state index is 13.2. The molecule has 1 aliphatic heterocycles. The molecule has 1 atom stereocenters. The van der Waals surface area contributed by atoms with E-state index < -0.39 is 0 Å². The Morgan fingerprint density at radius 2 is 2.00 bits per heavy atom. The minimum Gasteiger partial charge on any atom is -0.374 e. The second-order valence-corrected chi connectivity index (χ2v) is 8.35. The molecule has 154 valence electrons. The molecule has 2 fully saturated rings. The number of carbonyl (C=O) groups is 1. The predicted octanol–water partition coefficient (Wildman–Crippen LogP) is 3.68. The number of pyridine rings is 1. The van der Waals surface area contributed by atoms with Crippen LogP contribution >= 0.6 is 0 Å². The van der Waals surface area contributed by atoms with Crippen molar-refractivity contribution in [1.82, 2.24) is 14.8 Å². The summed E-state index contributed by atoms with van der Waals surface area (Å²) < 4.78 is 6.09. The first-order valence-electron chi connectivity index (χ1n) is 10.8. The maximum Gasteiger partial charge on any atom is 0.255 e. The second-order valence-electron chi connectivity index (χ2n) is 8.35. The van der Waals surface area contributed by atoms with Crippen molar-refractivity contribution in [3.05, 3.63) is 65.5 Å². The Labute approximate surface area is 173 Å². The average Bonchev–Trinajstić information content (AvgIpc) is 3.29. The van der Waals surface area contributed by atoms with Gasteiger partial charge in [-0.3, -0.25) is 14.7 Å². The van der Waals surface area contributed by atoms with E-state index in [4.69, 9.17) is 4.74 Å². The number of hydrogen-bond donors (Lipinski definition) is 0. The zero-order valence-corrected chi connectivity index (χ0v) is 17.3. The van der Waals surface area contributed by atoms with Crippen LogP contribution < -0.4 is 0 Å². The number of aryl methyl sites for hydroxylation is 1. The van der Waals surface area contributed by atoms with Gasteiger partial charge < -0.3 is 9.64 Å². The fourth-order valence-electron chi connectivity index (χ4n) is 4.47. The lowest BCUT2D eigenvalue weighted by molar-refractivity contribution is -0.0468. The first-order chi connectivity index (χ1) is 14.2. The fraction of sp³-hybridized carbons (Fsp3) is 0.500. The quantitative estimate of drug-likeness (QED) is 0.751. The molecule has 1 aliphatic carbocycles. The monoisotopic (exact) mass is 393 g/mol. The van der Waals surface area contributed by atoms with Crippen molar-refractivity contribution in [2.45, 2.75) is 51.3 Å². The number of morpholine rings is 1. The van der Waals surface area contributed by atoms with Crippen LogP contribution in [0.2, 0.25) is 0 Å². The highest BCUT2D eigenvalue weighted by atomic mass is 16.5. The van der Waals surface area contributed by atoms with E-state index >= 15 is 0 Å². The highest BCUT2D eigenvalue weighted by molar-refractivity contribution is 5.94. The number of rotatable bonds is 6. The highest BCUT2D eigenvalue weighted by Gasteiger charge is 2.31. The lowest BCUT2D eigenvalue weighted by atomic mass is 10.1. The van der Waals surface area contributed by atoms with Gasteiger partial charge in [-0.25, -0.2) is 0 Å². The lowest BCUT2D eigenvalue weighted by Gasteiger charge is -2.38. The van der Waals surface area contributed by atoms with Gasteiger partial charge in [-0.2, -0.15) is 0 Å². The molecule has 1 aromatic carbocycles. The molecule has 1 saturated heterocycles. The Morgan fingerprint density at radius 1 is 1.21 bits per heavy atom. The lowest BCUT2D eigenvalue weighted by Crippen LogP contribution is -2.50. The standard InChI is InChI=1S/C24H31N3O2/c1-19-8-10-20(11-9-19)16-26-13-14-29-23(17-26)18-27(22-6-2-3-7-22)24(28)21-5-4-12-25-15-21/h4-5,8-12,15,22-23H,2-3,6-7,13-14,16-18H2,1H3. The van der Waals surface area contributed by atoms with Crippen molar-refractivity contribution in [2.75, 3.05) is 26.2 Å². The number of hydrogen-bond acceptors (Lipinski definition) is 4. The number of amides is 1. The third-order valence-electron chi connectivity index (χ3n) is 6.08. The van der Waals surface area contributed by atoms with Crippen LogP contribution in [0.25, 0.3) is 0 Å². The van der Waals surface area contributed by atoms with E-state index in [0.717, 1.165) is 39.1 Å². The van der Waals surface area contributed by atoms with Crippen LogP contribution in [0.5, 0.6) is 0 Å². The van der Waals surface area contributed by atoms with E-state index in [2.05, 4.69) is 46.0 Å². The second kappa shape index (κ2) is 9.51. The van der Waals surface area contributed by atoms with Crippen LogP contribution in [0.4, 0.5) is 0 Å². The van der Waals surface area contributed by atoms with Gasteiger partial charge in [-0.1, -0.05) is 42.7 Å². The van der Waals surface area contributed by atoms with Gasteiger partial charge in [0.1, 0.15) is 0 Å². The first-order valence-corrected chi connectivity index (χ1v) is 10.8. The summed E-state index contributed by atoms with van der Waals surface area (Å²) in [6, 6.07) is 12.8. The van der Waals surface area contributed by atoms with Crippen LogP contribution in [0, 0.1) is 6.92 Å². The average molecular weight is 394 g/mol. The van der Waals surface area contributed by atoms with E-state index in [1.165, 1.54) is 24.0 Å². The fourth-order valence-corrected chi connectivity index (χ4v) is 4.47. The molecule has 5 heteroatoms. The van der Waals surface area contributed by atoms with Crippen LogP contribution in [0.15, 0.2) is 48.8 Å². The van der Waals surface area contributed by atoms with E-state index in [1.54, 1.807) is 12.4 Å². The number of nitrogens with zero attached hydrogens (tertiary/aromatic N) is 3. The summed E-state index contributed by atoms with van der Waals surface area (Å²) in [5.74, 6) is 0.0873. The molecular formula is C24H31N3O2. The Bertz CT molecular complexity index is 788. The number of ether oxygens (including phenoxy) is 1. The van der Waals surface area contributed by atoms with Crippen molar-refractivity contribution in [1.29, 1.82) is 0 Å². The van der Waals surface area contributed by atoms with Crippen LogP contribution in [0.3, 0.4) is 0 Å². The van der Waals surface area contributed by atoms with Crippen molar-refractivity contribution in [3.8, 4) is 0 Å². The molecule has 1 saturated carbocycles. The minimum atomic E-state index is 0.0513. The molecular weight excluding hydrogens is 362 g/mol. The van der Waals surface area contributed by atoms with E-state index in [1.807, 2.05) is 12.1 Å². The van der Waals surface area contributed by atoms with Crippen molar-refractivity contribution < 1.29 is 9.53 Å². The van der Waals surface area contributed by atoms with Gasteiger partial charge in [-0.15, -0.1) is 0 Å². The van der Waals surface area contributed by atoms with Crippen molar-refractivity contribution in [3.63, 3.8) is 0 Å². The van der Waals surface area contributed by atoms with Crippen molar-refractivity contribution in [2.24, 2.45) is 0 Å². The summed E-state index contributed by atoms with van der Waals surface area (Å²) in [6.45, 7) is 6.21. The largest absolute Gasteiger partial charge is 0.374 e. The molecule has 0 radical (unpaired) electrons. The minimum absolute atomic E-state index is 0.0513. The molecule has 4 rings (SSSR count).